The molecule has 2 amide bonds. The summed E-state index contributed by atoms with van der Waals surface area (Å²) in [6.07, 6.45) is 10.8. The zero-order valence-electron chi connectivity index (χ0n) is 14.7. The van der Waals surface area contributed by atoms with Crippen LogP contribution in [0.2, 0.25) is 0 Å². The second-order valence-corrected chi connectivity index (χ2v) is 6.55. The topological polar surface area (TPSA) is 97.0 Å². The Bertz CT molecular complexity index is 683. The molecule has 8 nitrogen and oxygen atoms in total. The molecule has 1 atom stereocenters. The van der Waals surface area contributed by atoms with Crippen LogP contribution < -0.4 is 5.32 Å². The first kappa shape index (κ1) is 17.3. The van der Waals surface area contributed by atoms with E-state index in [0.717, 1.165) is 24.4 Å². The highest BCUT2D eigenvalue weighted by atomic mass is 16.5. The highest BCUT2D eigenvalue weighted by Gasteiger charge is 2.24. The van der Waals surface area contributed by atoms with Crippen molar-refractivity contribution in [3.05, 3.63) is 36.0 Å². The van der Waals surface area contributed by atoms with Crippen LogP contribution in [0.5, 0.6) is 0 Å². The minimum atomic E-state index is -0.346. The predicted molar refractivity (Wildman–Crippen MR) is 90.6 cm³/mol. The van der Waals surface area contributed by atoms with Gasteiger partial charge in [0.2, 0.25) is 5.89 Å². The molecule has 0 aromatic carbocycles. The quantitative estimate of drug-likeness (QED) is 0.896. The van der Waals surface area contributed by atoms with Gasteiger partial charge in [-0.05, 0) is 19.8 Å². The average Bonchev–Trinajstić information content (AvgIpc) is 3.13. The van der Waals surface area contributed by atoms with Crippen LogP contribution in [0.15, 0.2) is 23.1 Å². The van der Waals surface area contributed by atoms with Crippen molar-refractivity contribution >= 4 is 6.03 Å². The molecule has 1 aliphatic carbocycles. The number of rotatable bonds is 5. The summed E-state index contributed by atoms with van der Waals surface area (Å²) in [5.41, 5.74) is 0.727. The maximum Gasteiger partial charge on any atom is 0.318 e. The van der Waals surface area contributed by atoms with E-state index in [-0.39, 0.29) is 12.1 Å². The van der Waals surface area contributed by atoms with Crippen molar-refractivity contribution in [2.24, 2.45) is 0 Å². The van der Waals surface area contributed by atoms with Crippen LogP contribution >= 0.6 is 0 Å². The molecule has 0 spiro atoms. The molecule has 1 aliphatic rings. The number of nitrogens with one attached hydrogen (secondary N) is 1. The van der Waals surface area contributed by atoms with Gasteiger partial charge in [-0.2, -0.15) is 4.98 Å². The lowest BCUT2D eigenvalue weighted by Crippen LogP contribution is -2.38. The van der Waals surface area contributed by atoms with E-state index < -0.39 is 0 Å². The van der Waals surface area contributed by atoms with Crippen molar-refractivity contribution in [1.29, 1.82) is 0 Å². The highest BCUT2D eigenvalue weighted by Crippen LogP contribution is 2.31. The fourth-order valence-corrected chi connectivity index (χ4v) is 3.03. The molecule has 0 aliphatic heterocycles. The Morgan fingerprint density at radius 1 is 1.36 bits per heavy atom. The number of urea groups is 1. The normalized spacial score (nSPS) is 16.4. The number of aromatic nitrogens is 4. The van der Waals surface area contributed by atoms with E-state index in [1.54, 1.807) is 30.5 Å². The molecule has 1 N–H and O–H groups in total. The van der Waals surface area contributed by atoms with Crippen LogP contribution in [-0.4, -0.2) is 38.1 Å². The predicted octanol–water partition coefficient (Wildman–Crippen LogP) is 2.81. The molecule has 134 valence electrons. The van der Waals surface area contributed by atoms with Gasteiger partial charge in [0.05, 0.1) is 18.4 Å². The Balaban J connectivity index is 1.55. The average molecular weight is 344 g/mol. The first-order valence-electron chi connectivity index (χ1n) is 8.73. The van der Waals surface area contributed by atoms with E-state index in [2.05, 4.69) is 25.4 Å². The van der Waals surface area contributed by atoms with Gasteiger partial charge < -0.3 is 14.7 Å². The molecule has 0 radical (unpaired) electrons. The first-order chi connectivity index (χ1) is 12.1. The molecule has 0 saturated heterocycles. The fraction of sp³-hybridized carbons (Fsp3) is 0.588. The number of hydrogen-bond acceptors (Lipinski definition) is 6. The minimum Gasteiger partial charge on any atom is -0.337 e. The summed E-state index contributed by atoms with van der Waals surface area (Å²) in [6, 6.07) is -0.572. The Hall–Kier alpha value is -2.51. The highest BCUT2D eigenvalue weighted by molar-refractivity contribution is 5.74. The summed E-state index contributed by atoms with van der Waals surface area (Å²) >= 11 is 0. The monoisotopic (exact) mass is 344 g/mol. The number of carbonyl (C=O) groups is 1. The lowest BCUT2D eigenvalue weighted by molar-refractivity contribution is 0.199. The van der Waals surface area contributed by atoms with Gasteiger partial charge in [0.15, 0.2) is 5.82 Å². The molecule has 2 aromatic heterocycles. The van der Waals surface area contributed by atoms with Crippen molar-refractivity contribution in [3.63, 3.8) is 0 Å². The van der Waals surface area contributed by atoms with Crippen LogP contribution in [0.3, 0.4) is 0 Å². The third-order valence-corrected chi connectivity index (χ3v) is 4.50. The number of carbonyl (C=O) groups excluding carboxylic acids is 1. The van der Waals surface area contributed by atoms with Gasteiger partial charge in [0.1, 0.15) is 6.04 Å². The van der Waals surface area contributed by atoms with Gasteiger partial charge >= 0.3 is 6.03 Å². The lowest BCUT2D eigenvalue weighted by Gasteiger charge is -2.19. The zero-order valence-corrected chi connectivity index (χ0v) is 14.7. The Morgan fingerprint density at radius 3 is 2.88 bits per heavy atom. The number of nitrogens with zero attached hydrogens (tertiary/aromatic N) is 5. The van der Waals surface area contributed by atoms with Crippen LogP contribution in [-0.2, 0) is 6.54 Å². The summed E-state index contributed by atoms with van der Waals surface area (Å²) in [6.45, 7) is 2.22. The maximum atomic E-state index is 12.3. The van der Waals surface area contributed by atoms with Crippen molar-refractivity contribution in [2.45, 2.75) is 57.5 Å². The smallest absolute Gasteiger partial charge is 0.318 e. The molecule has 2 heterocycles. The first-order valence-corrected chi connectivity index (χ1v) is 8.73. The summed E-state index contributed by atoms with van der Waals surface area (Å²) in [7, 11) is 1.71. The van der Waals surface area contributed by atoms with Gasteiger partial charge in [0, 0.05) is 25.4 Å². The summed E-state index contributed by atoms with van der Waals surface area (Å²) < 4.78 is 5.36. The summed E-state index contributed by atoms with van der Waals surface area (Å²) in [4.78, 5) is 26.5. The van der Waals surface area contributed by atoms with Gasteiger partial charge in [-0.15, -0.1) is 0 Å². The number of hydrogen-bond donors (Lipinski definition) is 1. The molecule has 0 bridgehead atoms. The molecule has 8 heteroatoms. The minimum absolute atomic E-state index is 0.226. The van der Waals surface area contributed by atoms with Crippen molar-refractivity contribution in [3.8, 4) is 0 Å². The summed E-state index contributed by atoms with van der Waals surface area (Å²) in [5, 5.41) is 6.99. The standard InChI is InChI=1S/C17H24N6O2/c1-12(16-21-15(22-25-16)13-6-4-3-5-7-13)20-17(24)23(2)11-14-10-18-8-9-19-14/h8-10,12-13H,3-7,11H2,1-2H3,(H,20,24). The van der Waals surface area contributed by atoms with Crippen LogP contribution in [0, 0.1) is 0 Å². The SMILES string of the molecule is CC(NC(=O)N(C)Cc1cnccn1)c1nc(C2CCCCC2)no1. The van der Waals surface area contributed by atoms with Crippen LogP contribution in [0.25, 0.3) is 0 Å². The van der Waals surface area contributed by atoms with E-state index in [4.69, 9.17) is 4.52 Å². The zero-order chi connectivity index (χ0) is 17.6. The van der Waals surface area contributed by atoms with E-state index in [0.29, 0.717) is 18.4 Å². The Labute approximate surface area is 147 Å². The fourth-order valence-electron chi connectivity index (χ4n) is 3.03. The number of amides is 2. The van der Waals surface area contributed by atoms with Crippen molar-refractivity contribution in [1.82, 2.24) is 30.3 Å². The van der Waals surface area contributed by atoms with E-state index in [9.17, 15) is 4.79 Å². The van der Waals surface area contributed by atoms with Crippen LogP contribution in [0.4, 0.5) is 4.79 Å². The molecule has 1 unspecified atom stereocenters. The molecule has 1 saturated carbocycles. The van der Waals surface area contributed by atoms with E-state index in [1.165, 1.54) is 19.3 Å². The lowest BCUT2D eigenvalue weighted by atomic mass is 9.89. The van der Waals surface area contributed by atoms with Gasteiger partial charge in [-0.25, -0.2) is 4.79 Å². The molecule has 2 aromatic rings. The van der Waals surface area contributed by atoms with E-state index >= 15 is 0 Å². The molecule has 25 heavy (non-hydrogen) atoms. The molecular formula is C17H24N6O2. The Kier molecular flexibility index (Phi) is 5.57. The van der Waals surface area contributed by atoms with E-state index in [1.807, 2.05) is 6.92 Å². The van der Waals surface area contributed by atoms with Gasteiger partial charge in [0.25, 0.3) is 0 Å². The second kappa shape index (κ2) is 8.04. The van der Waals surface area contributed by atoms with Crippen LogP contribution in [0.1, 0.15) is 68.4 Å². The third kappa shape index (κ3) is 4.52. The largest absolute Gasteiger partial charge is 0.337 e. The van der Waals surface area contributed by atoms with Crippen molar-refractivity contribution in [2.75, 3.05) is 7.05 Å². The Morgan fingerprint density at radius 2 is 2.16 bits per heavy atom. The summed E-state index contributed by atoms with van der Waals surface area (Å²) in [5.74, 6) is 1.60. The second-order valence-electron chi connectivity index (χ2n) is 6.55. The van der Waals surface area contributed by atoms with Crippen molar-refractivity contribution < 1.29 is 9.32 Å². The third-order valence-electron chi connectivity index (χ3n) is 4.50. The van der Waals surface area contributed by atoms with Gasteiger partial charge in [-0.1, -0.05) is 24.4 Å². The molecular weight excluding hydrogens is 320 g/mol. The van der Waals surface area contributed by atoms with Gasteiger partial charge in [-0.3, -0.25) is 9.97 Å². The molecule has 1 fully saturated rings. The maximum absolute atomic E-state index is 12.3. The molecule has 3 rings (SSSR count).